The van der Waals surface area contributed by atoms with Gasteiger partial charge >= 0.3 is 0 Å². The van der Waals surface area contributed by atoms with E-state index in [1.165, 1.54) is 24.3 Å². The van der Waals surface area contributed by atoms with Crippen molar-refractivity contribution in [2.24, 2.45) is 0 Å². The van der Waals surface area contributed by atoms with Crippen molar-refractivity contribution in [3.63, 3.8) is 0 Å². The fourth-order valence-corrected chi connectivity index (χ4v) is 2.79. The van der Waals surface area contributed by atoms with Gasteiger partial charge in [-0.2, -0.15) is 5.10 Å². The summed E-state index contributed by atoms with van der Waals surface area (Å²) in [6, 6.07) is 13.8. The van der Waals surface area contributed by atoms with Crippen LogP contribution in [-0.4, -0.2) is 16.1 Å². The summed E-state index contributed by atoms with van der Waals surface area (Å²) in [6.07, 6.45) is 0.586. The topological polar surface area (TPSA) is 48.0 Å². The van der Waals surface area contributed by atoms with Crippen molar-refractivity contribution in [2.45, 2.75) is 6.54 Å². The number of carbonyl (C=O) groups is 1. The molecule has 0 N–H and O–H groups in total. The van der Waals surface area contributed by atoms with Crippen LogP contribution >= 0.6 is 0 Å². The SMILES string of the molecule is O=Cc1ccc(-c2nn(Cc3ccccc3F)c3ccc(F)cc23)o1. The standard InChI is InChI=1S/C19H12F2N2O2/c20-13-5-7-17-15(9-13)19(18-8-6-14(11-24)25-18)22-23(17)10-12-3-1-2-4-16(12)21/h1-9,11H,10H2. The predicted molar refractivity (Wildman–Crippen MR) is 88.3 cm³/mol. The Balaban J connectivity index is 1.88. The third kappa shape index (κ3) is 2.71. The summed E-state index contributed by atoms with van der Waals surface area (Å²) in [5, 5.41) is 4.99. The highest BCUT2D eigenvalue weighted by Crippen LogP contribution is 2.30. The minimum absolute atomic E-state index is 0.156. The van der Waals surface area contributed by atoms with Crippen LogP contribution in [0, 0.1) is 11.6 Å². The van der Waals surface area contributed by atoms with Gasteiger partial charge in [-0.1, -0.05) is 18.2 Å². The van der Waals surface area contributed by atoms with E-state index in [9.17, 15) is 13.6 Å². The van der Waals surface area contributed by atoms with Crippen LogP contribution in [0.1, 0.15) is 16.1 Å². The van der Waals surface area contributed by atoms with Gasteiger partial charge in [0, 0.05) is 10.9 Å². The molecule has 2 heterocycles. The second kappa shape index (κ2) is 5.98. The molecule has 0 atom stereocenters. The lowest BCUT2D eigenvalue weighted by Gasteiger charge is -2.05. The Bertz CT molecular complexity index is 1080. The molecule has 0 radical (unpaired) electrons. The van der Waals surface area contributed by atoms with Crippen molar-refractivity contribution in [1.29, 1.82) is 0 Å². The third-order valence-electron chi connectivity index (χ3n) is 3.97. The molecule has 0 saturated carbocycles. The lowest BCUT2D eigenvalue weighted by Crippen LogP contribution is -2.03. The second-order valence-corrected chi connectivity index (χ2v) is 5.58. The molecule has 25 heavy (non-hydrogen) atoms. The average molecular weight is 338 g/mol. The van der Waals surface area contributed by atoms with Gasteiger partial charge in [0.2, 0.25) is 0 Å². The van der Waals surface area contributed by atoms with Gasteiger partial charge in [-0.05, 0) is 36.4 Å². The summed E-state index contributed by atoms with van der Waals surface area (Å²) >= 11 is 0. The largest absolute Gasteiger partial charge is 0.452 e. The lowest BCUT2D eigenvalue weighted by atomic mass is 10.1. The molecule has 0 aliphatic carbocycles. The van der Waals surface area contributed by atoms with E-state index in [0.29, 0.717) is 34.2 Å². The van der Waals surface area contributed by atoms with Gasteiger partial charge in [-0.25, -0.2) is 8.78 Å². The number of hydrogen-bond donors (Lipinski definition) is 0. The number of hydrogen-bond acceptors (Lipinski definition) is 3. The first kappa shape index (κ1) is 15.3. The number of rotatable bonds is 4. The molecular formula is C19H12F2N2O2. The smallest absolute Gasteiger partial charge is 0.185 e. The lowest BCUT2D eigenvalue weighted by molar-refractivity contribution is 0.110. The number of fused-ring (bicyclic) bond motifs is 1. The van der Waals surface area contributed by atoms with Crippen molar-refractivity contribution in [2.75, 3.05) is 0 Å². The predicted octanol–water partition coefficient (Wildman–Crippen LogP) is 4.44. The maximum Gasteiger partial charge on any atom is 0.185 e. The molecule has 4 rings (SSSR count). The number of halogens is 2. The highest BCUT2D eigenvalue weighted by molar-refractivity contribution is 5.92. The van der Waals surface area contributed by atoms with Crippen LogP contribution in [-0.2, 0) is 6.54 Å². The minimum Gasteiger partial charge on any atom is -0.452 e. The molecule has 4 aromatic rings. The zero-order valence-electron chi connectivity index (χ0n) is 12.9. The van der Waals surface area contributed by atoms with Gasteiger partial charge in [0.15, 0.2) is 17.8 Å². The normalized spacial score (nSPS) is 11.1. The Morgan fingerprint density at radius 1 is 1.08 bits per heavy atom. The van der Waals surface area contributed by atoms with E-state index in [0.717, 1.165) is 0 Å². The van der Waals surface area contributed by atoms with Crippen LogP contribution in [0.5, 0.6) is 0 Å². The summed E-state index contributed by atoms with van der Waals surface area (Å²) in [4.78, 5) is 10.8. The molecule has 0 fully saturated rings. The van der Waals surface area contributed by atoms with Crippen LogP contribution in [0.3, 0.4) is 0 Å². The summed E-state index contributed by atoms with van der Waals surface area (Å²) in [6.45, 7) is 0.191. The number of aldehydes is 1. The highest BCUT2D eigenvalue weighted by Gasteiger charge is 2.17. The molecule has 4 nitrogen and oxygen atoms in total. The molecular weight excluding hydrogens is 326 g/mol. The molecule has 0 unspecified atom stereocenters. The second-order valence-electron chi connectivity index (χ2n) is 5.58. The van der Waals surface area contributed by atoms with Crippen LogP contribution in [0.15, 0.2) is 59.0 Å². The quantitative estimate of drug-likeness (QED) is 0.517. The van der Waals surface area contributed by atoms with Crippen molar-refractivity contribution >= 4 is 17.2 Å². The van der Waals surface area contributed by atoms with E-state index in [4.69, 9.17) is 4.42 Å². The number of furan rings is 1. The molecule has 2 aromatic heterocycles. The van der Waals surface area contributed by atoms with Crippen LogP contribution in [0.2, 0.25) is 0 Å². The molecule has 2 aromatic carbocycles. The van der Waals surface area contributed by atoms with Gasteiger partial charge in [0.25, 0.3) is 0 Å². The zero-order valence-corrected chi connectivity index (χ0v) is 12.9. The fraction of sp³-hybridized carbons (Fsp3) is 0.0526. The van der Waals surface area contributed by atoms with Crippen LogP contribution < -0.4 is 0 Å². The van der Waals surface area contributed by atoms with Crippen LogP contribution in [0.25, 0.3) is 22.4 Å². The first-order chi connectivity index (χ1) is 12.2. The molecule has 0 aliphatic rings. The van der Waals surface area contributed by atoms with Gasteiger partial charge < -0.3 is 4.42 Å². The number of carbonyl (C=O) groups excluding carboxylic acids is 1. The van der Waals surface area contributed by atoms with Crippen molar-refractivity contribution in [3.8, 4) is 11.5 Å². The van der Waals surface area contributed by atoms with Crippen LogP contribution in [0.4, 0.5) is 8.78 Å². The summed E-state index contributed by atoms with van der Waals surface area (Å²) in [7, 11) is 0. The van der Waals surface area contributed by atoms with E-state index in [1.807, 2.05) is 0 Å². The summed E-state index contributed by atoms with van der Waals surface area (Å²) in [5.74, 6) is -0.245. The molecule has 0 amide bonds. The Hall–Kier alpha value is -3.28. The molecule has 0 saturated heterocycles. The van der Waals surface area contributed by atoms with Gasteiger partial charge in [0.1, 0.15) is 17.3 Å². The monoisotopic (exact) mass is 338 g/mol. The maximum absolute atomic E-state index is 14.0. The third-order valence-corrected chi connectivity index (χ3v) is 3.97. The molecule has 0 aliphatic heterocycles. The minimum atomic E-state index is -0.415. The van der Waals surface area contributed by atoms with Gasteiger partial charge in [0.05, 0.1) is 12.1 Å². The Kier molecular flexibility index (Phi) is 3.65. The summed E-state index contributed by atoms with van der Waals surface area (Å²) < 4.78 is 34.7. The van der Waals surface area contributed by atoms with E-state index in [1.54, 1.807) is 35.0 Å². The Labute approximate surface area is 141 Å². The first-order valence-electron chi connectivity index (χ1n) is 7.60. The highest BCUT2D eigenvalue weighted by atomic mass is 19.1. The maximum atomic E-state index is 14.0. The molecule has 124 valence electrons. The first-order valence-corrected chi connectivity index (χ1v) is 7.60. The molecule has 6 heteroatoms. The number of benzene rings is 2. The van der Waals surface area contributed by atoms with E-state index >= 15 is 0 Å². The van der Waals surface area contributed by atoms with Gasteiger partial charge in [-0.3, -0.25) is 9.48 Å². The Morgan fingerprint density at radius 2 is 1.92 bits per heavy atom. The van der Waals surface area contributed by atoms with Crippen molar-refractivity contribution < 1.29 is 18.0 Å². The average Bonchev–Trinajstić information content (AvgIpc) is 3.21. The fourth-order valence-electron chi connectivity index (χ4n) is 2.79. The van der Waals surface area contributed by atoms with E-state index < -0.39 is 5.82 Å². The van der Waals surface area contributed by atoms with Gasteiger partial charge in [-0.15, -0.1) is 0 Å². The van der Waals surface area contributed by atoms with Crippen molar-refractivity contribution in [1.82, 2.24) is 9.78 Å². The Morgan fingerprint density at radius 3 is 2.68 bits per heavy atom. The molecule has 0 spiro atoms. The van der Waals surface area contributed by atoms with Crippen molar-refractivity contribution in [3.05, 3.63) is 77.6 Å². The number of nitrogens with zero attached hydrogens (tertiary/aromatic N) is 2. The van der Waals surface area contributed by atoms with E-state index in [-0.39, 0.29) is 18.1 Å². The van der Waals surface area contributed by atoms with E-state index in [2.05, 4.69) is 5.10 Å². The number of aromatic nitrogens is 2. The molecule has 0 bridgehead atoms. The zero-order chi connectivity index (χ0) is 17.4. The summed E-state index contributed by atoms with van der Waals surface area (Å²) in [5.41, 5.74) is 1.51.